The highest BCUT2D eigenvalue weighted by molar-refractivity contribution is 6.90. The molecule has 132 valence electrons. The van der Waals surface area contributed by atoms with Gasteiger partial charge in [0.05, 0.1) is 0 Å². The number of hydrogen-bond donors (Lipinski definition) is 0. The van der Waals surface area contributed by atoms with Gasteiger partial charge in [0.1, 0.15) is 0 Å². The van der Waals surface area contributed by atoms with Gasteiger partial charge in [-0.2, -0.15) is 0 Å². The van der Waals surface area contributed by atoms with Crippen LogP contribution in [0.3, 0.4) is 0 Å². The molecule has 23 heavy (non-hydrogen) atoms. The Balaban J connectivity index is 3.10. The van der Waals surface area contributed by atoms with E-state index in [1.807, 2.05) is 43.4 Å². The monoisotopic (exact) mass is 378 g/mol. The fourth-order valence-corrected chi connectivity index (χ4v) is 10.7. The first kappa shape index (κ1) is 20.6. The van der Waals surface area contributed by atoms with E-state index >= 15 is 0 Å². The summed E-state index contributed by atoms with van der Waals surface area (Å²) in [6, 6.07) is 9.93. The minimum absolute atomic E-state index is 1.09. The SMILES string of the molecule is CO[Si](OC)(OC)O[Si](OC)(OC)O[Si](C)(C)c1ccccc1. The average molecular weight is 379 g/mol. The zero-order chi connectivity index (χ0) is 17.6. The van der Waals surface area contributed by atoms with Crippen LogP contribution in [0.2, 0.25) is 13.1 Å². The van der Waals surface area contributed by atoms with E-state index in [2.05, 4.69) is 0 Å². The minimum Gasteiger partial charge on any atom is -0.390 e. The Labute approximate surface area is 141 Å². The largest absolute Gasteiger partial charge is 0.673 e. The molecular formula is C13H26O7Si3. The molecule has 0 atom stereocenters. The van der Waals surface area contributed by atoms with Crippen LogP contribution in [0.15, 0.2) is 30.3 Å². The molecule has 0 aliphatic rings. The summed E-state index contributed by atoms with van der Waals surface area (Å²) in [6.45, 7) is 4.09. The van der Waals surface area contributed by atoms with Crippen molar-refractivity contribution in [3.05, 3.63) is 30.3 Å². The van der Waals surface area contributed by atoms with Gasteiger partial charge in [-0.05, 0) is 18.3 Å². The van der Waals surface area contributed by atoms with Gasteiger partial charge in [-0.15, -0.1) is 0 Å². The third-order valence-electron chi connectivity index (χ3n) is 3.35. The highest BCUT2D eigenvalue weighted by Crippen LogP contribution is 2.23. The second kappa shape index (κ2) is 8.62. The summed E-state index contributed by atoms with van der Waals surface area (Å²) >= 11 is 0. The van der Waals surface area contributed by atoms with Crippen LogP contribution in [-0.4, -0.2) is 62.0 Å². The van der Waals surface area contributed by atoms with E-state index in [0.717, 1.165) is 5.19 Å². The molecule has 0 aromatic heterocycles. The van der Waals surface area contributed by atoms with Crippen molar-refractivity contribution in [1.29, 1.82) is 0 Å². The predicted molar refractivity (Wildman–Crippen MR) is 92.3 cm³/mol. The summed E-state index contributed by atoms with van der Waals surface area (Å²) in [5.74, 6) is 0. The molecule has 1 aromatic rings. The van der Waals surface area contributed by atoms with E-state index < -0.39 is 26.4 Å². The lowest BCUT2D eigenvalue weighted by atomic mass is 10.4. The van der Waals surface area contributed by atoms with Crippen LogP contribution >= 0.6 is 0 Å². The molecule has 0 saturated carbocycles. The highest BCUT2D eigenvalue weighted by atomic mass is 28.5. The molecule has 0 aliphatic heterocycles. The van der Waals surface area contributed by atoms with Gasteiger partial charge in [0.25, 0.3) is 0 Å². The molecule has 0 N–H and O–H groups in total. The highest BCUT2D eigenvalue weighted by Gasteiger charge is 2.59. The van der Waals surface area contributed by atoms with E-state index in [0.29, 0.717) is 0 Å². The molecule has 10 heteroatoms. The lowest BCUT2D eigenvalue weighted by Crippen LogP contribution is -2.65. The van der Waals surface area contributed by atoms with Crippen LogP contribution in [0, 0.1) is 0 Å². The fraction of sp³-hybridized carbons (Fsp3) is 0.538. The van der Waals surface area contributed by atoms with Crippen molar-refractivity contribution in [1.82, 2.24) is 0 Å². The van der Waals surface area contributed by atoms with Gasteiger partial charge in [0, 0.05) is 35.5 Å². The van der Waals surface area contributed by atoms with Gasteiger partial charge in [0.2, 0.25) is 8.32 Å². The van der Waals surface area contributed by atoms with Crippen LogP contribution in [0.25, 0.3) is 0 Å². The zero-order valence-corrected chi connectivity index (χ0v) is 17.7. The molecule has 0 radical (unpaired) electrons. The van der Waals surface area contributed by atoms with E-state index in [4.69, 9.17) is 30.4 Å². The van der Waals surface area contributed by atoms with Crippen LogP contribution in [0.4, 0.5) is 0 Å². The second-order valence-corrected chi connectivity index (χ2v) is 14.4. The minimum atomic E-state index is -3.51. The van der Waals surface area contributed by atoms with E-state index in [9.17, 15) is 0 Å². The first-order chi connectivity index (χ1) is 10.8. The lowest BCUT2D eigenvalue weighted by molar-refractivity contribution is -0.0129. The Morgan fingerprint density at radius 2 is 1.04 bits per heavy atom. The standard InChI is InChI=1S/C13H26O7Si3/c1-14-22(15-2,16-3)20-23(17-4,18-5)19-21(6,7)13-11-9-8-10-12-13/h8-12H,1-7H3. The van der Waals surface area contributed by atoms with Gasteiger partial charge in [-0.3, -0.25) is 0 Å². The molecule has 0 heterocycles. The van der Waals surface area contributed by atoms with E-state index in [1.165, 1.54) is 35.5 Å². The van der Waals surface area contributed by atoms with E-state index in [1.54, 1.807) is 0 Å². The molecular weight excluding hydrogens is 352 g/mol. The summed E-state index contributed by atoms with van der Waals surface area (Å²) in [7, 11) is -1.95. The fourth-order valence-electron chi connectivity index (χ4n) is 2.01. The number of hydrogen-bond acceptors (Lipinski definition) is 7. The van der Waals surface area contributed by atoms with Crippen LogP contribution in [0.1, 0.15) is 0 Å². The second-order valence-electron chi connectivity index (χ2n) is 5.10. The smallest absolute Gasteiger partial charge is 0.390 e. The molecule has 0 bridgehead atoms. The van der Waals surface area contributed by atoms with Crippen LogP contribution in [0.5, 0.6) is 0 Å². The average Bonchev–Trinajstić information content (AvgIpc) is 2.59. The first-order valence-corrected chi connectivity index (χ1v) is 13.2. The summed E-state index contributed by atoms with van der Waals surface area (Å²) < 4.78 is 39.1. The van der Waals surface area contributed by atoms with Crippen LogP contribution in [-0.2, 0) is 30.4 Å². The van der Waals surface area contributed by atoms with E-state index in [-0.39, 0.29) is 0 Å². The molecule has 0 spiro atoms. The summed E-state index contributed by atoms with van der Waals surface area (Å²) in [6.07, 6.45) is 0. The lowest BCUT2D eigenvalue weighted by Gasteiger charge is -2.37. The molecule has 1 rings (SSSR count). The number of benzene rings is 1. The molecule has 0 unspecified atom stereocenters. The van der Waals surface area contributed by atoms with Crippen molar-refractivity contribution in [2.75, 3.05) is 35.5 Å². The molecule has 1 aromatic carbocycles. The quantitative estimate of drug-likeness (QED) is 0.568. The summed E-state index contributed by atoms with van der Waals surface area (Å²) in [4.78, 5) is 0. The van der Waals surface area contributed by atoms with Gasteiger partial charge in [-0.25, -0.2) is 0 Å². The molecule has 0 fully saturated rings. The van der Waals surface area contributed by atoms with Crippen molar-refractivity contribution in [3.8, 4) is 0 Å². The maximum absolute atomic E-state index is 6.28. The van der Waals surface area contributed by atoms with Crippen molar-refractivity contribution < 1.29 is 30.4 Å². The Morgan fingerprint density at radius 3 is 1.43 bits per heavy atom. The molecule has 0 saturated heterocycles. The summed E-state index contributed by atoms with van der Waals surface area (Å²) in [5, 5.41) is 1.09. The normalized spacial score (nSPS) is 13.3. The van der Waals surface area contributed by atoms with Crippen molar-refractivity contribution in [2.24, 2.45) is 0 Å². The maximum Gasteiger partial charge on any atom is 0.673 e. The molecule has 0 aliphatic carbocycles. The molecule has 7 nitrogen and oxygen atoms in total. The van der Waals surface area contributed by atoms with Gasteiger partial charge in [-0.1, -0.05) is 30.3 Å². The topological polar surface area (TPSA) is 64.6 Å². The maximum atomic E-state index is 6.28. The third-order valence-corrected chi connectivity index (χ3v) is 12.6. The van der Waals surface area contributed by atoms with Gasteiger partial charge in [0.15, 0.2) is 0 Å². The third kappa shape index (κ3) is 5.03. The van der Waals surface area contributed by atoms with Gasteiger partial charge >= 0.3 is 18.1 Å². The van der Waals surface area contributed by atoms with Gasteiger partial charge < -0.3 is 30.4 Å². The zero-order valence-electron chi connectivity index (χ0n) is 14.7. The number of rotatable bonds is 10. The summed E-state index contributed by atoms with van der Waals surface area (Å²) in [5.41, 5.74) is 0. The molecule has 0 amide bonds. The van der Waals surface area contributed by atoms with Crippen LogP contribution < -0.4 is 5.19 Å². The van der Waals surface area contributed by atoms with Crippen molar-refractivity contribution >= 4 is 31.6 Å². The van der Waals surface area contributed by atoms with Crippen molar-refractivity contribution in [3.63, 3.8) is 0 Å². The Morgan fingerprint density at radius 1 is 0.609 bits per heavy atom. The van der Waals surface area contributed by atoms with Crippen molar-refractivity contribution in [2.45, 2.75) is 13.1 Å². The first-order valence-electron chi connectivity index (χ1n) is 7.04. The Kier molecular flexibility index (Phi) is 7.73. The Hall–Kier alpha value is -0.409. The predicted octanol–water partition coefficient (Wildman–Crippen LogP) is 1.24. The Bertz CT molecular complexity index is 456.